The molecule has 0 saturated carbocycles. The van der Waals surface area contributed by atoms with E-state index in [4.69, 9.17) is 14.2 Å². The number of rotatable bonds is 8. The Morgan fingerprint density at radius 2 is 1.78 bits per heavy atom. The van der Waals surface area contributed by atoms with Gasteiger partial charge in [0, 0.05) is 35.3 Å². The summed E-state index contributed by atoms with van der Waals surface area (Å²) in [6, 6.07) is 14.0. The van der Waals surface area contributed by atoms with Gasteiger partial charge in [-0.2, -0.15) is 0 Å². The molecule has 0 aliphatic heterocycles. The molecule has 10 heteroatoms. The van der Waals surface area contributed by atoms with Crippen molar-refractivity contribution in [1.82, 2.24) is 10.3 Å². The first-order valence-electron chi connectivity index (χ1n) is 13.2. The summed E-state index contributed by atoms with van der Waals surface area (Å²) in [4.78, 5) is 41.4. The van der Waals surface area contributed by atoms with E-state index < -0.39 is 6.04 Å². The Labute approximate surface area is 237 Å². The second-order valence-electron chi connectivity index (χ2n) is 9.78. The number of ether oxygens (including phenoxy) is 3. The van der Waals surface area contributed by atoms with Gasteiger partial charge in [-0.25, -0.2) is 0 Å². The highest BCUT2D eigenvalue weighted by molar-refractivity contribution is 5.96. The van der Waals surface area contributed by atoms with Gasteiger partial charge >= 0.3 is 0 Å². The maximum atomic E-state index is 13.4. The van der Waals surface area contributed by atoms with Crippen LogP contribution in [0.3, 0.4) is 0 Å². The summed E-state index contributed by atoms with van der Waals surface area (Å²) >= 11 is 0. The van der Waals surface area contributed by atoms with Crippen LogP contribution in [-0.4, -0.2) is 44.7 Å². The molecule has 1 aliphatic carbocycles. The number of benzene rings is 2. The Balaban J connectivity index is 1.51. The molecular weight excluding hydrogens is 524 g/mol. The third kappa shape index (κ3) is 5.54. The maximum absolute atomic E-state index is 13.4. The van der Waals surface area contributed by atoms with Crippen LogP contribution in [0.5, 0.6) is 17.2 Å². The van der Waals surface area contributed by atoms with Crippen molar-refractivity contribution in [2.75, 3.05) is 38.5 Å². The van der Waals surface area contributed by atoms with Gasteiger partial charge in [-0.3, -0.25) is 14.4 Å². The number of aromatic nitrogens is 1. The molecule has 3 aromatic carbocycles. The standard InChI is InChI=1S/C31H32N4O6/c1-17(36)34-24-8-5-19-14-27(39-2)30(40-3)31(41-4)29(19)21-7-10-25(26(37)15-22(21)24)33-16-28(38)35-20-6-9-23-18(13-20)11-12-32-23/h6-7,9-15,24,32H,5,8,16H2,1-4H3,(H,33,37)(H,34,36)(H,35,38)/t24-/m1/s1. The summed E-state index contributed by atoms with van der Waals surface area (Å²) in [5, 5.41) is 9.80. The SMILES string of the molecule is COc1cc2c(c(OC)c1OC)-c1ccc(NCC(=O)Nc3ccc4[nH]ccc4c3)c(=O)cc1[C@H](NC(C)=O)CC2. The summed E-state index contributed by atoms with van der Waals surface area (Å²) in [6.07, 6.45) is 2.99. The van der Waals surface area contributed by atoms with Gasteiger partial charge in [-0.15, -0.1) is 0 Å². The van der Waals surface area contributed by atoms with Gasteiger partial charge in [-0.1, -0.05) is 6.07 Å². The zero-order valence-electron chi connectivity index (χ0n) is 23.3. The number of methoxy groups -OCH3 is 3. The number of carbonyl (C=O) groups is 2. The lowest BCUT2D eigenvalue weighted by Crippen LogP contribution is -2.27. The predicted molar refractivity (Wildman–Crippen MR) is 158 cm³/mol. The van der Waals surface area contributed by atoms with E-state index in [1.807, 2.05) is 42.6 Å². The molecule has 41 heavy (non-hydrogen) atoms. The maximum Gasteiger partial charge on any atom is 0.243 e. The number of fused-ring (bicyclic) bond motifs is 4. The number of hydrogen-bond acceptors (Lipinski definition) is 7. The molecule has 5 rings (SSSR count). The topological polar surface area (TPSA) is 131 Å². The fourth-order valence-corrected chi connectivity index (χ4v) is 5.37. The minimum Gasteiger partial charge on any atom is -0.493 e. The Kier molecular flexibility index (Phi) is 7.82. The van der Waals surface area contributed by atoms with E-state index in [0.29, 0.717) is 46.9 Å². The van der Waals surface area contributed by atoms with Crippen LogP contribution in [0.2, 0.25) is 0 Å². The van der Waals surface area contributed by atoms with E-state index in [1.165, 1.54) is 20.1 Å². The number of hydrogen-bond donors (Lipinski definition) is 4. The smallest absolute Gasteiger partial charge is 0.243 e. The Morgan fingerprint density at radius 1 is 0.976 bits per heavy atom. The average Bonchev–Trinajstić information content (AvgIpc) is 3.30. The molecule has 0 saturated heterocycles. The van der Waals surface area contributed by atoms with E-state index >= 15 is 0 Å². The minimum absolute atomic E-state index is 0.116. The summed E-state index contributed by atoms with van der Waals surface area (Å²) in [5.74, 6) is 0.919. The van der Waals surface area contributed by atoms with Gasteiger partial charge in [0.05, 0.1) is 39.6 Å². The van der Waals surface area contributed by atoms with Crippen molar-refractivity contribution in [3.05, 3.63) is 76.1 Å². The Morgan fingerprint density at radius 3 is 2.51 bits per heavy atom. The lowest BCUT2D eigenvalue weighted by molar-refractivity contribution is -0.119. The molecule has 212 valence electrons. The van der Waals surface area contributed by atoms with Crippen molar-refractivity contribution in [2.24, 2.45) is 0 Å². The van der Waals surface area contributed by atoms with Crippen LogP contribution in [0.4, 0.5) is 11.4 Å². The molecule has 1 heterocycles. The molecule has 4 aromatic rings. The first-order chi connectivity index (χ1) is 19.8. The molecule has 0 unspecified atom stereocenters. The van der Waals surface area contributed by atoms with Crippen molar-refractivity contribution < 1.29 is 23.8 Å². The third-order valence-corrected chi connectivity index (χ3v) is 7.19. The Hall–Kier alpha value is -4.99. The number of aromatic amines is 1. The van der Waals surface area contributed by atoms with Crippen molar-refractivity contribution in [3.63, 3.8) is 0 Å². The van der Waals surface area contributed by atoms with E-state index in [2.05, 4.69) is 20.9 Å². The van der Waals surface area contributed by atoms with Gasteiger partial charge in [0.25, 0.3) is 0 Å². The average molecular weight is 557 g/mol. The fraction of sp³-hybridized carbons (Fsp3) is 0.258. The van der Waals surface area contributed by atoms with Crippen LogP contribution in [0, 0.1) is 0 Å². The highest BCUT2D eigenvalue weighted by Gasteiger charge is 2.29. The highest BCUT2D eigenvalue weighted by Crippen LogP contribution is 2.50. The third-order valence-electron chi connectivity index (χ3n) is 7.19. The molecule has 0 spiro atoms. The van der Waals surface area contributed by atoms with E-state index in [0.717, 1.165) is 22.0 Å². The molecule has 1 atom stereocenters. The zero-order chi connectivity index (χ0) is 29.1. The van der Waals surface area contributed by atoms with Crippen LogP contribution < -0.4 is 35.6 Å². The van der Waals surface area contributed by atoms with Gasteiger partial charge in [-0.05, 0) is 72.0 Å². The highest BCUT2D eigenvalue weighted by atomic mass is 16.5. The Bertz CT molecular complexity index is 1700. The van der Waals surface area contributed by atoms with E-state index in [-0.39, 0.29) is 29.5 Å². The van der Waals surface area contributed by atoms with Gasteiger partial charge < -0.3 is 35.1 Å². The molecule has 4 N–H and O–H groups in total. The number of amides is 2. The molecule has 0 radical (unpaired) electrons. The first-order valence-corrected chi connectivity index (χ1v) is 13.2. The number of carbonyl (C=O) groups excluding carboxylic acids is 2. The first kappa shape index (κ1) is 27.6. The monoisotopic (exact) mass is 556 g/mol. The van der Waals surface area contributed by atoms with E-state index in [9.17, 15) is 14.4 Å². The molecular formula is C31H32N4O6. The van der Waals surface area contributed by atoms with Crippen molar-refractivity contribution in [3.8, 4) is 28.4 Å². The number of nitrogens with one attached hydrogen (secondary N) is 4. The van der Waals surface area contributed by atoms with Gasteiger partial charge in [0.15, 0.2) is 11.5 Å². The molecule has 0 fully saturated rings. The van der Waals surface area contributed by atoms with Crippen LogP contribution in [0.1, 0.15) is 30.5 Å². The quantitative estimate of drug-likeness (QED) is 0.253. The van der Waals surface area contributed by atoms with Crippen LogP contribution in [0.15, 0.2) is 59.5 Å². The predicted octanol–water partition coefficient (Wildman–Crippen LogP) is 4.39. The largest absolute Gasteiger partial charge is 0.493 e. The lowest BCUT2D eigenvalue weighted by Gasteiger charge is -2.19. The summed E-state index contributed by atoms with van der Waals surface area (Å²) in [5.41, 5.74) is 4.61. The summed E-state index contributed by atoms with van der Waals surface area (Å²) in [7, 11) is 4.65. The van der Waals surface area contributed by atoms with Gasteiger partial charge in [0.2, 0.25) is 23.0 Å². The normalized spacial score (nSPS) is 13.8. The minimum atomic E-state index is -0.420. The molecule has 1 aliphatic rings. The second kappa shape index (κ2) is 11.6. The number of H-pyrrole nitrogens is 1. The van der Waals surface area contributed by atoms with Crippen LogP contribution in [-0.2, 0) is 16.0 Å². The van der Waals surface area contributed by atoms with Crippen molar-refractivity contribution >= 4 is 34.1 Å². The summed E-state index contributed by atoms with van der Waals surface area (Å²) < 4.78 is 17.0. The van der Waals surface area contributed by atoms with Crippen LogP contribution >= 0.6 is 0 Å². The molecule has 1 aromatic heterocycles. The fourth-order valence-electron chi connectivity index (χ4n) is 5.37. The van der Waals surface area contributed by atoms with Crippen molar-refractivity contribution in [2.45, 2.75) is 25.8 Å². The van der Waals surface area contributed by atoms with Crippen molar-refractivity contribution in [1.29, 1.82) is 0 Å². The summed E-state index contributed by atoms with van der Waals surface area (Å²) in [6.45, 7) is 1.33. The number of aryl methyl sites for hydroxylation is 1. The molecule has 2 amide bonds. The molecule has 10 nitrogen and oxygen atoms in total. The second-order valence-corrected chi connectivity index (χ2v) is 9.78. The van der Waals surface area contributed by atoms with Crippen LogP contribution in [0.25, 0.3) is 22.0 Å². The molecule has 0 bridgehead atoms. The lowest BCUT2D eigenvalue weighted by atomic mass is 9.95. The van der Waals surface area contributed by atoms with Gasteiger partial charge in [0.1, 0.15) is 0 Å². The zero-order valence-corrected chi connectivity index (χ0v) is 23.3. The van der Waals surface area contributed by atoms with E-state index in [1.54, 1.807) is 20.3 Å². The number of anilines is 2.